The second kappa shape index (κ2) is 6.87. The van der Waals surface area contributed by atoms with E-state index in [0.717, 1.165) is 38.5 Å². The molecule has 0 spiro atoms. The van der Waals surface area contributed by atoms with Gasteiger partial charge in [0.1, 0.15) is 0 Å². The molecule has 0 aliphatic carbocycles. The van der Waals surface area contributed by atoms with E-state index in [4.69, 9.17) is 4.74 Å². The van der Waals surface area contributed by atoms with Crippen LogP contribution in [0.5, 0.6) is 0 Å². The maximum Gasteiger partial charge on any atom is 0.235 e. The number of rotatable bonds is 4. The van der Waals surface area contributed by atoms with E-state index >= 15 is 0 Å². The molecule has 1 amide bonds. The van der Waals surface area contributed by atoms with Crippen molar-refractivity contribution >= 4 is 27.5 Å². The maximum absolute atomic E-state index is 11.2. The number of hydrogen-bond acceptors (Lipinski definition) is 3. The molecule has 1 aromatic carbocycles. The van der Waals surface area contributed by atoms with E-state index in [1.54, 1.807) is 0 Å². The molecule has 1 N–H and O–H groups in total. The van der Waals surface area contributed by atoms with Crippen molar-refractivity contribution in [3.63, 3.8) is 0 Å². The molecular formula is C13H17BrN2O2. The molecule has 0 saturated carbocycles. The summed E-state index contributed by atoms with van der Waals surface area (Å²) in [5, 5.41) is 3.12. The molecule has 1 aliphatic rings. The molecule has 4 nitrogen and oxygen atoms in total. The first-order valence-electron chi connectivity index (χ1n) is 6.03. The highest BCUT2D eigenvalue weighted by Gasteiger charge is 2.10. The number of halogens is 1. The van der Waals surface area contributed by atoms with Crippen LogP contribution in [0.25, 0.3) is 0 Å². The van der Waals surface area contributed by atoms with E-state index < -0.39 is 0 Å². The Hall–Kier alpha value is -0.910. The van der Waals surface area contributed by atoms with Crippen LogP contribution in [0, 0.1) is 0 Å². The van der Waals surface area contributed by atoms with Crippen LogP contribution in [-0.2, 0) is 16.1 Å². The number of morpholine rings is 1. The summed E-state index contributed by atoms with van der Waals surface area (Å²) >= 11 is 3.12. The Morgan fingerprint density at radius 1 is 1.28 bits per heavy atom. The Morgan fingerprint density at radius 2 is 1.94 bits per heavy atom. The lowest BCUT2D eigenvalue weighted by atomic mass is 10.2. The third kappa shape index (κ3) is 4.08. The normalized spacial score (nSPS) is 16.5. The Labute approximate surface area is 115 Å². The second-order valence-electron chi connectivity index (χ2n) is 4.27. The van der Waals surface area contributed by atoms with Crippen LogP contribution in [0.15, 0.2) is 24.3 Å². The molecule has 1 aromatic rings. The van der Waals surface area contributed by atoms with E-state index in [9.17, 15) is 4.79 Å². The molecule has 0 radical (unpaired) electrons. The van der Waals surface area contributed by atoms with Gasteiger partial charge in [0.2, 0.25) is 5.91 Å². The van der Waals surface area contributed by atoms with Crippen LogP contribution in [0.2, 0.25) is 0 Å². The minimum Gasteiger partial charge on any atom is -0.379 e. The Bertz CT molecular complexity index is 388. The SMILES string of the molecule is O=C(CBr)Nc1ccc(CN2CCOCC2)cc1. The first-order chi connectivity index (χ1) is 8.78. The molecule has 0 unspecified atom stereocenters. The van der Waals surface area contributed by atoms with Gasteiger partial charge in [0, 0.05) is 25.3 Å². The van der Waals surface area contributed by atoms with Gasteiger partial charge in [0.05, 0.1) is 18.5 Å². The van der Waals surface area contributed by atoms with Gasteiger partial charge in [-0.15, -0.1) is 0 Å². The van der Waals surface area contributed by atoms with Gasteiger partial charge in [-0.05, 0) is 17.7 Å². The molecule has 0 bridgehead atoms. The molecule has 2 rings (SSSR count). The Balaban J connectivity index is 1.88. The van der Waals surface area contributed by atoms with Crippen molar-refractivity contribution in [2.24, 2.45) is 0 Å². The van der Waals surface area contributed by atoms with Gasteiger partial charge in [-0.3, -0.25) is 9.69 Å². The smallest absolute Gasteiger partial charge is 0.235 e. The summed E-state index contributed by atoms with van der Waals surface area (Å²) < 4.78 is 5.32. The van der Waals surface area contributed by atoms with Crippen LogP contribution < -0.4 is 5.32 Å². The topological polar surface area (TPSA) is 41.6 Å². The average Bonchev–Trinajstić information content (AvgIpc) is 2.42. The van der Waals surface area contributed by atoms with Crippen molar-refractivity contribution in [1.82, 2.24) is 4.90 Å². The average molecular weight is 313 g/mol. The molecule has 1 fully saturated rings. The third-order valence-electron chi connectivity index (χ3n) is 2.87. The standard InChI is InChI=1S/C13H17BrN2O2/c14-9-13(17)15-12-3-1-11(2-4-12)10-16-5-7-18-8-6-16/h1-4H,5-10H2,(H,15,17). The number of alkyl halides is 1. The number of nitrogens with zero attached hydrogens (tertiary/aromatic N) is 1. The Kier molecular flexibility index (Phi) is 5.16. The Morgan fingerprint density at radius 3 is 2.56 bits per heavy atom. The summed E-state index contributed by atoms with van der Waals surface area (Å²) in [6.45, 7) is 4.55. The summed E-state index contributed by atoms with van der Waals surface area (Å²) in [5.74, 6) is -0.0315. The zero-order chi connectivity index (χ0) is 12.8. The predicted octanol–water partition coefficient (Wildman–Crippen LogP) is 1.85. The van der Waals surface area contributed by atoms with Crippen molar-refractivity contribution in [3.8, 4) is 0 Å². The number of amides is 1. The third-order valence-corrected chi connectivity index (χ3v) is 3.38. The molecule has 0 atom stereocenters. The minimum absolute atomic E-state index is 0.0315. The van der Waals surface area contributed by atoms with Crippen molar-refractivity contribution in [1.29, 1.82) is 0 Å². The molecule has 0 aromatic heterocycles. The molecule has 5 heteroatoms. The number of ether oxygens (including phenoxy) is 1. The predicted molar refractivity (Wildman–Crippen MR) is 75.0 cm³/mol. The largest absolute Gasteiger partial charge is 0.379 e. The highest BCUT2D eigenvalue weighted by Crippen LogP contribution is 2.12. The summed E-state index contributed by atoms with van der Waals surface area (Å²) in [6, 6.07) is 7.99. The van der Waals surface area contributed by atoms with Gasteiger partial charge in [0.15, 0.2) is 0 Å². The molecule has 1 heterocycles. The van der Waals surface area contributed by atoms with E-state index in [-0.39, 0.29) is 5.91 Å². The fourth-order valence-electron chi connectivity index (χ4n) is 1.91. The van der Waals surface area contributed by atoms with E-state index in [1.165, 1.54) is 5.56 Å². The van der Waals surface area contributed by atoms with Gasteiger partial charge in [-0.1, -0.05) is 28.1 Å². The first kappa shape index (κ1) is 13.5. The maximum atomic E-state index is 11.2. The number of hydrogen-bond donors (Lipinski definition) is 1. The van der Waals surface area contributed by atoms with Gasteiger partial charge < -0.3 is 10.1 Å². The molecule has 1 aliphatic heterocycles. The van der Waals surface area contributed by atoms with Crippen LogP contribution in [0.4, 0.5) is 5.69 Å². The fraction of sp³-hybridized carbons (Fsp3) is 0.462. The van der Waals surface area contributed by atoms with E-state index in [2.05, 4.69) is 38.3 Å². The van der Waals surface area contributed by atoms with Crippen LogP contribution >= 0.6 is 15.9 Å². The van der Waals surface area contributed by atoms with Gasteiger partial charge in [-0.25, -0.2) is 0 Å². The number of nitrogens with one attached hydrogen (secondary N) is 1. The van der Waals surface area contributed by atoms with Gasteiger partial charge in [0.25, 0.3) is 0 Å². The first-order valence-corrected chi connectivity index (χ1v) is 7.15. The molecular weight excluding hydrogens is 296 g/mol. The quantitative estimate of drug-likeness (QED) is 0.863. The highest BCUT2D eigenvalue weighted by atomic mass is 79.9. The second-order valence-corrected chi connectivity index (χ2v) is 4.83. The number of carbonyl (C=O) groups is 1. The van der Waals surface area contributed by atoms with Gasteiger partial charge in [-0.2, -0.15) is 0 Å². The van der Waals surface area contributed by atoms with Crippen LogP contribution in [-0.4, -0.2) is 42.4 Å². The molecule has 98 valence electrons. The number of anilines is 1. The monoisotopic (exact) mass is 312 g/mol. The summed E-state index contributed by atoms with van der Waals surface area (Å²) in [6.07, 6.45) is 0. The van der Waals surface area contributed by atoms with E-state index in [1.807, 2.05) is 12.1 Å². The summed E-state index contributed by atoms with van der Waals surface area (Å²) in [4.78, 5) is 13.6. The summed E-state index contributed by atoms with van der Waals surface area (Å²) in [7, 11) is 0. The number of benzene rings is 1. The highest BCUT2D eigenvalue weighted by molar-refractivity contribution is 9.09. The van der Waals surface area contributed by atoms with Crippen molar-refractivity contribution in [2.45, 2.75) is 6.54 Å². The molecule has 18 heavy (non-hydrogen) atoms. The lowest BCUT2D eigenvalue weighted by Crippen LogP contribution is -2.35. The molecule has 1 saturated heterocycles. The fourth-order valence-corrected chi connectivity index (χ4v) is 2.05. The van der Waals surface area contributed by atoms with Crippen molar-refractivity contribution in [2.75, 3.05) is 37.0 Å². The van der Waals surface area contributed by atoms with Crippen LogP contribution in [0.1, 0.15) is 5.56 Å². The zero-order valence-corrected chi connectivity index (χ0v) is 11.8. The zero-order valence-electron chi connectivity index (χ0n) is 10.2. The summed E-state index contributed by atoms with van der Waals surface area (Å²) in [5.41, 5.74) is 2.10. The van der Waals surface area contributed by atoms with Crippen molar-refractivity contribution in [3.05, 3.63) is 29.8 Å². The lowest BCUT2D eigenvalue weighted by molar-refractivity contribution is -0.113. The van der Waals surface area contributed by atoms with Gasteiger partial charge >= 0.3 is 0 Å². The number of carbonyl (C=O) groups excluding carboxylic acids is 1. The minimum atomic E-state index is -0.0315. The van der Waals surface area contributed by atoms with E-state index in [0.29, 0.717) is 5.33 Å². The van der Waals surface area contributed by atoms with Crippen molar-refractivity contribution < 1.29 is 9.53 Å². The van der Waals surface area contributed by atoms with Crippen LogP contribution in [0.3, 0.4) is 0 Å². The lowest BCUT2D eigenvalue weighted by Gasteiger charge is -2.26.